The summed E-state index contributed by atoms with van der Waals surface area (Å²) in [6.45, 7) is 1.74. The Balaban J connectivity index is 1.51. The lowest BCUT2D eigenvalue weighted by Crippen LogP contribution is -2.47. The van der Waals surface area contributed by atoms with E-state index in [1.807, 2.05) is 4.68 Å². The van der Waals surface area contributed by atoms with Crippen molar-refractivity contribution in [2.24, 2.45) is 4.99 Å². The van der Waals surface area contributed by atoms with E-state index in [-0.39, 0.29) is 11.9 Å². The minimum absolute atomic E-state index is 0.194. The van der Waals surface area contributed by atoms with E-state index in [9.17, 15) is 4.39 Å². The van der Waals surface area contributed by atoms with E-state index in [1.54, 1.807) is 26.3 Å². The third-order valence-electron chi connectivity index (χ3n) is 4.43. The summed E-state index contributed by atoms with van der Waals surface area (Å²) in [5.41, 5.74) is 0.669. The van der Waals surface area contributed by atoms with E-state index in [0.717, 1.165) is 29.7 Å². The molecule has 0 radical (unpaired) electrons. The number of hydrogen-bond donors (Lipinski definition) is 2. The molecule has 1 atom stereocenters. The number of nitrogens with one attached hydrogen (secondary N) is 2. The first-order chi connectivity index (χ1) is 13.1. The molecule has 0 saturated heterocycles. The Morgan fingerprint density at radius 1 is 1.48 bits per heavy atom. The van der Waals surface area contributed by atoms with Gasteiger partial charge in [-0.2, -0.15) is 5.10 Å². The summed E-state index contributed by atoms with van der Waals surface area (Å²) in [5, 5.41) is 11.1. The molecule has 2 N–H and O–H groups in total. The van der Waals surface area contributed by atoms with Crippen LogP contribution in [0.1, 0.15) is 23.6 Å². The lowest BCUT2D eigenvalue weighted by atomic mass is 10.1. The number of methoxy groups -OCH3 is 1. The number of guanidine groups is 1. The first-order valence-electron chi connectivity index (χ1n) is 8.91. The smallest absolute Gasteiger partial charge is 0.191 e. The van der Waals surface area contributed by atoms with E-state index in [2.05, 4.69) is 41.6 Å². The Kier molecular flexibility index (Phi) is 6.78. The van der Waals surface area contributed by atoms with Crippen LogP contribution in [-0.4, -0.2) is 47.5 Å². The molecule has 0 bridgehead atoms. The Morgan fingerprint density at radius 3 is 3.11 bits per heavy atom. The van der Waals surface area contributed by atoms with Gasteiger partial charge in [0, 0.05) is 37.6 Å². The van der Waals surface area contributed by atoms with Crippen LogP contribution >= 0.6 is 15.9 Å². The van der Waals surface area contributed by atoms with Crippen LogP contribution in [0.2, 0.25) is 0 Å². The summed E-state index contributed by atoms with van der Waals surface area (Å²) in [6, 6.07) is 5.19. The predicted octanol–water partition coefficient (Wildman–Crippen LogP) is 2.05. The summed E-state index contributed by atoms with van der Waals surface area (Å²) >= 11 is 3.38. The molecular weight excluding hydrogens is 415 g/mol. The zero-order valence-electron chi connectivity index (χ0n) is 15.5. The molecule has 27 heavy (non-hydrogen) atoms. The highest BCUT2D eigenvalue weighted by molar-refractivity contribution is 9.10. The van der Waals surface area contributed by atoms with Crippen molar-refractivity contribution in [1.82, 2.24) is 25.4 Å². The molecule has 9 heteroatoms. The van der Waals surface area contributed by atoms with Gasteiger partial charge in [-0.1, -0.05) is 15.9 Å². The average molecular weight is 439 g/mol. The van der Waals surface area contributed by atoms with Crippen LogP contribution in [0, 0.1) is 5.82 Å². The summed E-state index contributed by atoms with van der Waals surface area (Å²) in [4.78, 5) is 8.76. The topological polar surface area (TPSA) is 76.4 Å². The molecule has 0 fully saturated rings. The molecule has 1 aliphatic rings. The van der Waals surface area contributed by atoms with Crippen molar-refractivity contribution in [2.45, 2.75) is 38.5 Å². The van der Waals surface area contributed by atoms with Gasteiger partial charge in [-0.05, 0) is 36.6 Å². The lowest BCUT2D eigenvalue weighted by Gasteiger charge is -2.25. The Bertz CT molecular complexity index is 809. The molecule has 0 aliphatic carbocycles. The summed E-state index contributed by atoms with van der Waals surface area (Å²) in [5.74, 6) is 2.22. The number of rotatable bonds is 6. The number of benzene rings is 1. The molecule has 0 spiro atoms. The minimum atomic E-state index is -0.194. The van der Waals surface area contributed by atoms with E-state index in [0.29, 0.717) is 36.9 Å². The zero-order chi connectivity index (χ0) is 19.2. The first kappa shape index (κ1) is 19.8. The van der Waals surface area contributed by atoms with Gasteiger partial charge in [0.05, 0.1) is 6.54 Å². The predicted molar refractivity (Wildman–Crippen MR) is 105 cm³/mol. The second kappa shape index (κ2) is 9.27. The normalized spacial score (nSPS) is 16.9. The van der Waals surface area contributed by atoms with Gasteiger partial charge in [0.2, 0.25) is 0 Å². The van der Waals surface area contributed by atoms with Crippen LogP contribution < -0.4 is 10.6 Å². The molecule has 1 aromatic heterocycles. The fourth-order valence-electron chi connectivity index (χ4n) is 3.11. The van der Waals surface area contributed by atoms with Crippen molar-refractivity contribution in [3.63, 3.8) is 0 Å². The maximum absolute atomic E-state index is 13.8. The van der Waals surface area contributed by atoms with Crippen molar-refractivity contribution in [3.8, 4) is 0 Å². The molecule has 2 aromatic rings. The third-order valence-corrected chi connectivity index (χ3v) is 4.93. The van der Waals surface area contributed by atoms with E-state index < -0.39 is 0 Å². The van der Waals surface area contributed by atoms with Gasteiger partial charge in [-0.15, -0.1) is 0 Å². The van der Waals surface area contributed by atoms with Crippen molar-refractivity contribution in [1.29, 1.82) is 0 Å². The van der Waals surface area contributed by atoms with E-state index >= 15 is 0 Å². The zero-order valence-corrected chi connectivity index (χ0v) is 17.1. The van der Waals surface area contributed by atoms with Gasteiger partial charge < -0.3 is 15.4 Å². The van der Waals surface area contributed by atoms with Crippen LogP contribution in [0.5, 0.6) is 0 Å². The molecule has 146 valence electrons. The van der Waals surface area contributed by atoms with Gasteiger partial charge in [-0.3, -0.25) is 4.99 Å². The van der Waals surface area contributed by atoms with Crippen LogP contribution in [0.25, 0.3) is 0 Å². The maximum atomic E-state index is 13.8. The van der Waals surface area contributed by atoms with Gasteiger partial charge >= 0.3 is 0 Å². The van der Waals surface area contributed by atoms with Crippen molar-refractivity contribution in [3.05, 3.63) is 45.7 Å². The standard InChI is InChI=1S/C18H24BrFN6O/c1-21-18(22-8-7-12-9-13(19)3-5-15(12)20)23-14-4-6-17-24-16(11-27-2)25-26(17)10-14/h3,5,9,14H,4,6-8,10-11H2,1-2H3,(H2,21,22,23). The summed E-state index contributed by atoms with van der Waals surface area (Å²) < 4.78 is 21.7. The van der Waals surface area contributed by atoms with Crippen LogP contribution in [0.15, 0.2) is 27.7 Å². The number of aryl methyl sites for hydroxylation is 1. The molecule has 1 unspecified atom stereocenters. The monoisotopic (exact) mass is 438 g/mol. The molecule has 2 heterocycles. The third kappa shape index (κ3) is 5.26. The minimum Gasteiger partial charge on any atom is -0.377 e. The SMILES string of the molecule is CN=C(NCCc1cc(Br)ccc1F)NC1CCc2nc(COC)nn2C1. The molecule has 0 saturated carbocycles. The molecular formula is C18H24BrFN6O. The van der Waals surface area contributed by atoms with Crippen LogP contribution in [0.4, 0.5) is 4.39 Å². The average Bonchev–Trinajstić information content (AvgIpc) is 3.05. The Hall–Kier alpha value is -2.00. The van der Waals surface area contributed by atoms with E-state index in [4.69, 9.17) is 4.74 Å². The Morgan fingerprint density at radius 2 is 2.33 bits per heavy atom. The van der Waals surface area contributed by atoms with Crippen molar-refractivity contribution < 1.29 is 9.13 Å². The molecule has 0 amide bonds. The van der Waals surface area contributed by atoms with Crippen LogP contribution in [0.3, 0.4) is 0 Å². The quantitative estimate of drug-likeness (QED) is 0.533. The summed E-state index contributed by atoms with van der Waals surface area (Å²) in [6.07, 6.45) is 2.38. The number of aliphatic imine (C=N–C) groups is 1. The highest BCUT2D eigenvalue weighted by Gasteiger charge is 2.22. The van der Waals surface area contributed by atoms with Crippen molar-refractivity contribution in [2.75, 3.05) is 20.7 Å². The van der Waals surface area contributed by atoms with E-state index in [1.165, 1.54) is 6.07 Å². The second-order valence-corrected chi connectivity index (χ2v) is 7.34. The second-order valence-electron chi connectivity index (χ2n) is 6.42. The first-order valence-corrected chi connectivity index (χ1v) is 9.71. The van der Waals surface area contributed by atoms with Gasteiger partial charge in [0.15, 0.2) is 11.8 Å². The number of halogens is 2. The largest absolute Gasteiger partial charge is 0.377 e. The molecule has 1 aliphatic heterocycles. The highest BCUT2D eigenvalue weighted by Crippen LogP contribution is 2.16. The number of ether oxygens (including phenoxy) is 1. The molecule has 7 nitrogen and oxygen atoms in total. The summed E-state index contributed by atoms with van der Waals surface area (Å²) in [7, 11) is 3.37. The maximum Gasteiger partial charge on any atom is 0.191 e. The highest BCUT2D eigenvalue weighted by atomic mass is 79.9. The number of aromatic nitrogens is 3. The number of hydrogen-bond acceptors (Lipinski definition) is 4. The van der Waals surface area contributed by atoms with Gasteiger partial charge in [0.25, 0.3) is 0 Å². The van der Waals surface area contributed by atoms with Crippen molar-refractivity contribution >= 4 is 21.9 Å². The lowest BCUT2D eigenvalue weighted by molar-refractivity contribution is 0.177. The Labute approximate surface area is 166 Å². The van der Waals surface area contributed by atoms with Gasteiger partial charge in [0.1, 0.15) is 18.2 Å². The van der Waals surface area contributed by atoms with Gasteiger partial charge in [-0.25, -0.2) is 14.1 Å². The number of nitrogens with zero attached hydrogens (tertiary/aromatic N) is 4. The molecule has 1 aromatic carbocycles. The fraction of sp³-hybridized carbons (Fsp3) is 0.500. The molecule has 3 rings (SSSR count). The van der Waals surface area contributed by atoms with Crippen LogP contribution in [-0.2, 0) is 30.7 Å². The fourth-order valence-corrected chi connectivity index (χ4v) is 3.52. The number of fused-ring (bicyclic) bond motifs is 1.